The Morgan fingerprint density at radius 2 is 2.11 bits per heavy atom. The topological polar surface area (TPSA) is 20.3 Å². The van der Waals surface area contributed by atoms with Crippen molar-refractivity contribution in [2.45, 2.75) is 33.1 Å². The molecular formula is C15H20FNO. The Labute approximate surface area is 108 Å². The van der Waals surface area contributed by atoms with Crippen LogP contribution in [0.2, 0.25) is 0 Å². The van der Waals surface area contributed by atoms with Crippen LogP contribution in [0.25, 0.3) is 0 Å². The molecule has 1 aromatic rings. The van der Waals surface area contributed by atoms with Crippen LogP contribution in [0.4, 0.5) is 10.1 Å². The van der Waals surface area contributed by atoms with Gasteiger partial charge in [0.25, 0.3) is 0 Å². The zero-order chi connectivity index (χ0) is 13.1. The molecule has 3 heteroatoms. The van der Waals surface area contributed by atoms with E-state index in [1.807, 2.05) is 0 Å². The van der Waals surface area contributed by atoms with Crippen molar-refractivity contribution in [1.82, 2.24) is 0 Å². The molecule has 98 valence electrons. The van der Waals surface area contributed by atoms with Crippen LogP contribution < -0.4 is 4.90 Å². The van der Waals surface area contributed by atoms with Gasteiger partial charge in [-0.2, -0.15) is 0 Å². The summed E-state index contributed by atoms with van der Waals surface area (Å²) in [5, 5.41) is 0. The van der Waals surface area contributed by atoms with Crippen molar-refractivity contribution in [2.75, 3.05) is 18.0 Å². The van der Waals surface area contributed by atoms with Crippen LogP contribution in [-0.2, 0) is 0 Å². The first kappa shape index (κ1) is 13.1. The van der Waals surface area contributed by atoms with Gasteiger partial charge < -0.3 is 4.90 Å². The fraction of sp³-hybridized carbons (Fsp3) is 0.533. The van der Waals surface area contributed by atoms with Gasteiger partial charge in [0.15, 0.2) is 5.78 Å². The summed E-state index contributed by atoms with van der Waals surface area (Å²) in [7, 11) is 0. The third-order valence-corrected chi connectivity index (χ3v) is 3.71. The van der Waals surface area contributed by atoms with E-state index >= 15 is 0 Å². The molecule has 0 amide bonds. The molecule has 0 aliphatic carbocycles. The SMILES string of the molecule is CC(=O)c1ccc(N2CCCC(C)CC2)c(F)c1. The molecule has 0 N–H and O–H groups in total. The van der Waals surface area contributed by atoms with E-state index in [-0.39, 0.29) is 11.6 Å². The predicted molar refractivity (Wildman–Crippen MR) is 71.6 cm³/mol. The van der Waals surface area contributed by atoms with Gasteiger partial charge in [-0.3, -0.25) is 4.79 Å². The van der Waals surface area contributed by atoms with E-state index in [0.29, 0.717) is 11.3 Å². The van der Waals surface area contributed by atoms with E-state index in [1.165, 1.54) is 19.4 Å². The molecule has 0 bridgehead atoms. The normalized spacial score (nSPS) is 20.6. The van der Waals surface area contributed by atoms with Gasteiger partial charge in [0, 0.05) is 18.7 Å². The highest BCUT2D eigenvalue weighted by atomic mass is 19.1. The molecule has 1 aromatic carbocycles. The van der Waals surface area contributed by atoms with Crippen LogP contribution in [-0.4, -0.2) is 18.9 Å². The number of halogens is 1. The lowest BCUT2D eigenvalue weighted by Crippen LogP contribution is -2.25. The average Bonchev–Trinajstić information content (AvgIpc) is 2.54. The summed E-state index contributed by atoms with van der Waals surface area (Å²) in [6.07, 6.45) is 3.42. The smallest absolute Gasteiger partial charge is 0.159 e. The number of nitrogens with zero attached hydrogens (tertiary/aromatic N) is 1. The Bertz CT molecular complexity index is 444. The maximum atomic E-state index is 14.0. The summed E-state index contributed by atoms with van der Waals surface area (Å²) < 4.78 is 14.0. The molecule has 0 radical (unpaired) electrons. The number of carbonyl (C=O) groups is 1. The van der Waals surface area contributed by atoms with Crippen molar-refractivity contribution in [3.63, 3.8) is 0 Å². The first-order valence-corrected chi connectivity index (χ1v) is 6.63. The van der Waals surface area contributed by atoms with E-state index in [0.717, 1.165) is 31.8 Å². The minimum absolute atomic E-state index is 0.0926. The van der Waals surface area contributed by atoms with Gasteiger partial charge in [-0.1, -0.05) is 6.92 Å². The number of rotatable bonds is 2. The molecule has 0 aromatic heterocycles. The van der Waals surface area contributed by atoms with Crippen molar-refractivity contribution in [1.29, 1.82) is 0 Å². The maximum Gasteiger partial charge on any atom is 0.159 e. The van der Waals surface area contributed by atoms with Crippen LogP contribution in [0.15, 0.2) is 18.2 Å². The second-order valence-corrected chi connectivity index (χ2v) is 5.25. The minimum Gasteiger partial charge on any atom is -0.369 e. The molecule has 18 heavy (non-hydrogen) atoms. The predicted octanol–water partition coefficient (Wildman–Crippen LogP) is 3.65. The van der Waals surface area contributed by atoms with Crippen LogP contribution in [0, 0.1) is 11.7 Å². The van der Waals surface area contributed by atoms with Crippen molar-refractivity contribution in [2.24, 2.45) is 5.92 Å². The van der Waals surface area contributed by atoms with Gasteiger partial charge in [-0.05, 0) is 50.3 Å². The van der Waals surface area contributed by atoms with E-state index in [1.54, 1.807) is 12.1 Å². The average molecular weight is 249 g/mol. The number of hydrogen-bond donors (Lipinski definition) is 0. The van der Waals surface area contributed by atoms with Crippen LogP contribution in [0.1, 0.15) is 43.5 Å². The van der Waals surface area contributed by atoms with Gasteiger partial charge in [0.05, 0.1) is 5.69 Å². The molecular weight excluding hydrogens is 229 g/mol. The quantitative estimate of drug-likeness (QED) is 0.746. The molecule has 1 aliphatic rings. The van der Waals surface area contributed by atoms with Crippen molar-refractivity contribution < 1.29 is 9.18 Å². The Balaban J connectivity index is 2.20. The molecule has 1 heterocycles. The van der Waals surface area contributed by atoms with E-state index < -0.39 is 0 Å². The first-order valence-electron chi connectivity index (χ1n) is 6.63. The molecule has 2 nitrogen and oxygen atoms in total. The summed E-state index contributed by atoms with van der Waals surface area (Å²) in [5.74, 6) is 0.344. The molecule has 1 atom stereocenters. The second-order valence-electron chi connectivity index (χ2n) is 5.25. The summed E-state index contributed by atoms with van der Waals surface area (Å²) in [5.41, 5.74) is 1.08. The second kappa shape index (κ2) is 5.51. The monoisotopic (exact) mass is 249 g/mol. The number of benzene rings is 1. The van der Waals surface area contributed by atoms with Gasteiger partial charge in [0.1, 0.15) is 5.82 Å². The van der Waals surface area contributed by atoms with Crippen LogP contribution in [0.5, 0.6) is 0 Å². The summed E-state index contributed by atoms with van der Waals surface area (Å²) in [4.78, 5) is 13.3. The van der Waals surface area contributed by atoms with Gasteiger partial charge in [-0.15, -0.1) is 0 Å². The number of ketones is 1. The van der Waals surface area contributed by atoms with Gasteiger partial charge in [-0.25, -0.2) is 4.39 Å². The van der Waals surface area contributed by atoms with Gasteiger partial charge in [0.2, 0.25) is 0 Å². The van der Waals surface area contributed by atoms with Crippen molar-refractivity contribution in [3.05, 3.63) is 29.6 Å². The lowest BCUT2D eigenvalue weighted by molar-refractivity contribution is 0.101. The Morgan fingerprint density at radius 3 is 2.78 bits per heavy atom. The zero-order valence-electron chi connectivity index (χ0n) is 11.1. The number of Topliss-reactive ketones (excluding diaryl/α,β-unsaturated/α-hetero) is 1. The highest BCUT2D eigenvalue weighted by Gasteiger charge is 2.17. The highest BCUT2D eigenvalue weighted by molar-refractivity contribution is 5.94. The summed E-state index contributed by atoms with van der Waals surface area (Å²) in [6, 6.07) is 4.81. The third-order valence-electron chi connectivity index (χ3n) is 3.71. The fourth-order valence-electron chi connectivity index (χ4n) is 2.49. The minimum atomic E-state index is -0.280. The molecule has 1 unspecified atom stereocenters. The van der Waals surface area contributed by atoms with E-state index in [9.17, 15) is 9.18 Å². The fourth-order valence-corrected chi connectivity index (χ4v) is 2.49. The Kier molecular flexibility index (Phi) is 4.00. The van der Waals surface area contributed by atoms with E-state index in [4.69, 9.17) is 0 Å². The van der Waals surface area contributed by atoms with Crippen LogP contribution >= 0.6 is 0 Å². The lowest BCUT2D eigenvalue weighted by Gasteiger charge is -2.23. The summed E-state index contributed by atoms with van der Waals surface area (Å²) in [6.45, 7) is 5.51. The zero-order valence-corrected chi connectivity index (χ0v) is 11.1. The molecule has 1 fully saturated rings. The standard InChI is InChI=1S/C15H20FNO/c1-11-4-3-8-17(9-7-11)15-6-5-13(12(2)18)10-14(15)16/h5-6,10-11H,3-4,7-9H2,1-2H3. The molecule has 1 saturated heterocycles. The largest absolute Gasteiger partial charge is 0.369 e. The Hall–Kier alpha value is -1.38. The maximum absolute atomic E-state index is 14.0. The molecule has 0 spiro atoms. The first-order chi connectivity index (χ1) is 8.58. The summed E-state index contributed by atoms with van der Waals surface area (Å²) >= 11 is 0. The van der Waals surface area contributed by atoms with Crippen LogP contribution in [0.3, 0.4) is 0 Å². The van der Waals surface area contributed by atoms with Crippen molar-refractivity contribution in [3.8, 4) is 0 Å². The van der Waals surface area contributed by atoms with Gasteiger partial charge >= 0.3 is 0 Å². The van der Waals surface area contributed by atoms with E-state index in [2.05, 4.69) is 11.8 Å². The molecule has 2 rings (SSSR count). The molecule has 0 saturated carbocycles. The van der Waals surface area contributed by atoms with Crippen molar-refractivity contribution >= 4 is 11.5 Å². The third kappa shape index (κ3) is 2.89. The number of anilines is 1. The Morgan fingerprint density at radius 1 is 1.33 bits per heavy atom. The molecule has 1 aliphatic heterocycles. The number of carbonyl (C=O) groups excluding carboxylic acids is 1. The highest BCUT2D eigenvalue weighted by Crippen LogP contribution is 2.25. The lowest BCUT2D eigenvalue weighted by atomic mass is 10.0. The number of hydrogen-bond acceptors (Lipinski definition) is 2.